The van der Waals surface area contributed by atoms with Crippen molar-refractivity contribution >= 4 is 17.0 Å². The van der Waals surface area contributed by atoms with Crippen LogP contribution in [0.25, 0.3) is 16.7 Å². The predicted octanol–water partition coefficient (Wildman–Crippen LogP) is 5.49. The second-order valence-corrected chi connectivity index (χ2v) is 9.04. The zero-order chi connectivity index (χ0) is 27.1. The van der Waals surface area contributed by atoms with Gasteiger partial charge in [0.1, 0.15) is 11.5 Å². The summed E-state index contributed by atoms with van der Waals surface area (Å²) < 4.78 is 52.3. The van der Waals surface area contributed by atoms with Gasteiger partial charge in [-0.25, -0.2) is 14.5 Å². The minimum absolute atomic E-state index is 0.120. The van der Waals surface area contributed by atoms with Gasteiger partial charge in [0.25, 0.3) is 5.56 Å². The summed E-state index contributed by atoms with van der Waals surface area (Å²) in [4.78, 5) is 27.9. The van der Waals surface area contributed by atoms with E-state index in [1.807, 2.05) is 23.1 Å². The number of nitrogens with one attached hydrogen (secondary N) is 1. The van der Waals surface area contributed by atoms with Gasteiger partial charge in [-0.1, -0.05) is 24.3 Å². The lowest BCUT2D eigenvalue weighted by molar-refractivity contribution is -0.137. The van der Waals surface area contributed by atoms with Crippen molar-refractivity contribution in [2.45, 2.75) is 19.1 Å². The van der Waals surface area contributed by atoms with E-state index in [0.29, 0.717) is 52.9 Å². The maximum Gasteiger partial charge on any atom is 0.416 e. The number of hydrogen-bond acceptors (Lipinski definition) is 6. The minimum atomic E-state index is -4.46. The quantitative estimate of drug-likeness (QED) is 0.322. The Hall–Kier alpha value is -4.80. The molecule has 0 spiro atoms. The maximum atomic E-state index is 13.9. The highest BCUT2D eigenvalue weighted by molar-refractivity contribution is 5.78. The molecule has 1 N–H and O–H groups in total. The third-order valence-electron chi connectivity index (χ3n) is 6.56. The number of fused-ring (bicyclic) bond motifs is 2. The van der Waals surface area contributed by atoms with Crippen LogP contribution in [0.2, 0.25) is 0 Å². The normalized spacial score (nSPS) is 13.4. The number of benzene rings is 3. The number of rotatable bonds is 5. The van der Waals surface area contributed by atoms with Gasteiger partial charge in [0.15, 0.2) is 0 Å². The fraction of sp³-hybridized carbons (Fsp3) is 0.179. The molecule has 0 atom stereocenters. The molecule has 0 saturated heterocycles. The molecule has 3 aromatic carbocycles. The van der Waals surface area contributed by atoms with Crippen molar-refractivity contribution in [3.05, 3.63) is 100.0 Å². The zero-order valence-electron chi connectivity index (χ0n) is 20.7. The number of alkyl halides is 3. The van der Waals surface area contributed by atoms with Crippen LogP contribution < -0.4 is 19.9 Å². The fourth-order valence-electron chi connectivity index (χ4n) is 4.60. The van der Waals surface area contributed by atoms with Crippen LogP contribution in [0.3, 0.4) is 0 Å². The molecule has 5 aromatic rings. The highest BCUT2D eigenvalue weighted by atomic mass is 19.4. The van der Waals surface area contributed by atoms with Gasteiger partial charge in [0.2, 0.25) is 5.95 Å². The molecule has 8 nitrogen and oxygen atoms in total. The van der Waals surface area contributed by atoms with E-state index < -0.39 is 11.7 Å². The zero-order valence-corrected chi connectivity index (χ0v) is 20.7. The molecule has 0 fully saturated rings. The number of H-pyrrole nitrogens is 1. The van der Waals surface area contributed by atoms with Gasteiger partial charge in [-0.05, 0) is 42.5 Å². The summed E-state index contributed by atoms with van der Waals surface area (Å²) in [5.74, 6) is 1.45. The Kier molecular flexibility index (Phi) is 5.97. The van der Waals surface area contributed by atoms with E-state index in [9.17, 15) is 18.0 Å². The summed E-state index contributed by atoms with van der Waals surface area (Å²) in [6.07, 6.45) is -4.04. The molecule has 1 aliphatic heterocycles. The lowest BCUT2D eigenvalue weighted by atomic mass is 10.1. The van der Waals surface area contributed by atoms with Gasteiger partial charge in [-0.15, -0.1) is 0 Å². The molecule has 2 aromatic heterocycles. The standard InChI is InChI=1S/C28H22F3N5O3/c1-38-19-8-5-9-20(15-19)39-27-34-22-12-13-35(16-21(22)25(37)36(27)18-6-3-2-4-7-18)26-32-23-11-10-17(28(29,30)31)14-24(23)33-26/h2-11,14-15H,12-13,16H2,1H3,(H,32,33). The van der Waals surface area contributed by atoms with Crippen LogP contribution in [0.1, 0.15) is 16.8 Å². The Bertz CT molecular complexity index is 1730. The highest BCUT2D eigenvalue weighted by Gasteiger charge is 2.31. The maximum absolute atomic E-state index is 13.9. The number of nitrogens with zero attached hydrogens (tertiary/aromatic N) is 4. The first kappa shape index (κ1) is 24.5. The SMILES string of the molecule is COc1cccc(Oc2nc3c(c(=O)n2-c2ccccc2)CN(c2nc4ccc(C(F)(F)F)cc4[nH]2)CC3)c1. The molecule has 11 heteroatoms. The summed E-state index contributed by atoms with van der Waals surface area (Å²) in [6, 6.07) is 19.5. The molecule has 0 unspecified atom stereocenters. The Morgan fingerprint density at radius 1 is 0.949 bits per heavy atom. The highest BCUT2D eigenvalue weighted by Crippen LogP contribution is 2.32. The number of imidazole rings is 1. The van der Waals surface area contributed by atoms with E-state index in [4.69, 9.17) is 14.5 Å². The van der Waals surface area contributed by atoms with Gasteiger partial charge < -0.3 is 19.4 Å². The number of hydrogen-bond donors (Lipinski definition) is 1. The average Bonchev–Trinajstić information content (AvgIpc) is 3.37. The van der Waals surface area contributed by atoms with Crippen LogP contribution in [0.4, 0.5) is 19.1 Å². The number of para-hydroxylation sites is 1. The predicted molar refractivity (Wildman–Crippen MR) is 139 cm³/mol. The van der Waals surface area contributed by atoms with Crippen LogP contribution in [-0.4, -0.2) is 33.2 Å². The van der Waals surface area contributed by atoms with Crippen LogP contribution in [0.15, 0.2) is 77.6 Å². The van der Waals surface area contributed by atoms with Gasteiger partial charge in [-0.2, -0.15) is 13.2 Å². The topological polar surface area (TPSA) is 85.3 Å². The van der Waals surface area contributed by atoms with Gasteiger partial charge in [-0.3, -0.25) is 4.79 Å². The van der Waals surface area contributed by atoms with E-state index in [-0.39, 0.29) is 23.6 Å². The number of aromatic nitrogens is 4. The van der Waals surface area contributed by atoms with Crippen molar-refractivity contribution in [1.82, 2.24) is 19.5 Å². The Labute approximate surface area is 220 Å². The molecule has 0 saturated carbocycles. The van der Waals surface area contributed by atoms with Crippen molar-refractivity contribution < 1.29 is 22.6 Å². The summed E-state index contributed by atoms with van der Waals surface area (Å²) in [5, 5.41) is 0. The second kappa shape index (κ2) is 9.50. The molecule has 0 bridgehead atoms. The summed E-state index contributed by atoms with van der Waals surface area (Å²) in [5.41, 5.74) is 1.25. The van der Waals surface area contributed by atoms with Crippen molar-refractivity contribution in [3.8, 4) is 23.2 Å². The van der Waals surface area contributed by atoms with Gasteiger partial charge in [0.05, 0.1) is 47.2 Å². The van der Waals surface area contributed by atoms with Crippen molar-refractivity contribution in [2.75, 3.05) is 18.6 Å². The fourth-order valence-corrected chi connectivity index (χ4v) is 4.60. The van der Waals surface area contributed by atoms with Gasteiger partial charge in [0, 0.05) is 19.0 Å². The first-order chi connectivity index (χ1) is 18.8. The molecule has 3 heterocycles. The average molecular weight is 534 g/mol. The smallest absolute Gasteiger partial charge is 0.416 e. The van der Waals surface area contributed by atoms with Crippen molar-refractivity contribution in [2.24, 2.45) is 0 Å². The lowest BCUT2D eigenvalue weighted by Gasteiger charge is -2.28. The number of anilines is 1. The van der Waals surface area contributed by atoms with E-state index in [0.717, 1.165) is 12.1 Å². The van der Waals surface area contributed by atoms with Crippen molar-refractivity contribution in [1.29, 1.82) is 0 Å². The summed E-state index contributed by atoms with van der Waals surface area (Å²) in [7, 11) is 1.55. The molecule has 0 amide bonds. The number of ether oxygens (including phenoxy) is 2. The molecular formula is C28H22F3N5O3. The Morgan fingerprint density at radius 3 is 2.51 bits per heavy atom. The minimum Gasteiger partial charge on any atom is -0.497 e. The molecule has 0 radical (unpaired) electrons. The van der Waals surface area contributed by atoms with E-state index in [1.165, 1.54) is 10.6 Å². The first-order valence-corrected chi connectivity index (χ1v) is 12.1. The van der Waals surface area contributed by atoms with E-state index in [1.54, 1.807) is 43.5 Å². The van der Waals surface area contributed by atoms with Crippen LogP contribution in [0, 0.1) is 0 Å². The molecule has 6 rings (SSSR count). The second-order valence-electron chi connectivity index (χ2n) is 9.04. The Morgan fingerprint density at radius 2 is 1.74 bits per heavy atom. The molecule has 39 heavy (non-hydrogen) atoms. The van der Waals surface area contributed by atoms with E-state index in [2.05, 4.69) is 9.97 Å². The van der Waals surface area contributed by atoms with Crippen LogP contribution >= 0.6 is 0 Å². The molecule has 0 aliphatic carbocycles. The molecular weight excluding hydrogens is 511 g/mol. The van der Waals surface area contributed by atoms with Gasteiger partial charge >= 0.3 is 12.2 Å². The Balaban J connectivity index is 1.39. The monoisotopic (exact) mass is 533 g/mol. The summed E-state index contributed by atoms with van der Waals surface area (Å²) >= 11 is 0. The number of aromatic amines is 1. The van der Waals surface area contributed by atoms with Crippen molar-refractivity contribution in [3.63, 3.8) is 0 Å². The molecule has 198 valence electrons. The lowest BCUT2D eigenvalue weighted by Crippen LogP contribution is -2.38. The molecule has 1 aliphatic rings. The third kappa shape index (κ3) is 4.67. The largest absolute Gasteiger partial charge is 0.497 e. The first-order valence-electron chi connectivity index (χ1n) is 12.1. The number of halogens is 3. The van der Waals surface area contributed by atoms with E-state index >= 15 is 0 Å². The van der Waals surface area contributed by atoms with Crippen LogP contribution in [0.5, 0.6) is 17.5 Å². The van der Waals surface area contributed by atoms with Crippen LogP contribution in [-0.2, 0) is 19.1 Å². The summed E-state index contributed by atoms with van der Waals surface area (Å²) in [6.45, 7) is 0.638. The number of methoxy groups -OCH3 is 1. The third-order valence-corrected chi connectivity index (χ3v) is 6.56.